The fourth-order valence-electron chi connectivity index (χ4n) is 2.52. The molecule has 0 heterocycles. The lowest BCUT2D eigenvalue weighted by molar-refractivity contribution is -0.137. The van der Waals surface area contributed by atoms with Crippen molar-refractivity contribution < 1.29 is 18.3 Å². The van der Waals surface area contributed by atoms with Crippen LogP contribution in [-0.4, -0.2) is 42.9 Å². The monoisotopic (exact) mass is 306 g/mol. The molecule has 0 aromatic heterocycles. The minimum Gasteiger partial charge on any atom is -0.481 e. The maximum absolute atomic E-state index is 12.3. The van der Waals surface area contributed by atoms with Gasteiger partial charge in [0.25, 0.3) is 10.2 Å². The number of carboxylic acids is 1. The Kier molecular flexibility index (Phi) is 6.42. The standard InChI is InChI=1S/C13H26N2O4S/c1-10(2)12(9-13(16)17)14-20(18,19)15(3)11-7-5-4-6-8-11/h10-12,14H,4-9H2,1-3H3,(H,16,17). The molecule has 7 heteroatoms. The second kappa shape index (κ2) is 7.38. The van der Waals surface area contributed by atoms with E-state index in [0.717, 1.165) is 32.1 Å². The Morgan fingerprint density at radius 2 is 1.85 bits per heavy atom. The number of nitrogens with zero attached hydrogens (tertiary/aromatic N) is 1. The van der Waals surface area contributed by atoms with Crippen LogP contribution in [0.1, 0.15) is 52.4 Å². The number of hydrogen-bond donors (Lipinski definition) is 2. The zero-order chi connectivity index (χ0) is 15.3. The third-order valence-corrected chi connectivity index (χ3v) is 5.62. The summed E-state index contributed by atoms with van der Waals surface area (Å²) in [6.45, 7) is 3.63. The van der Waals surface area contributed by atoms with Crippen LogP contribution in [0.25, 0.3) is 0 Å². The minimum atomic E-state index is -3.63. The molecule has 0 aliphatic heterocycles. The van der Waals surface area contributed by atoms with Gasteiger partial charge < -0.3 is 5.11 Å². The van der Waals surface area contributed by atoms with Gasteiger partial charge in [-0.3, -0.25) is 4.79 Å². The Morgan fingerprint density at radius 1 is 1.30 bits per heavy atom. The Labute approximate surface area is 121 Å². The van der Waals surface area contributed by atoms with E-state index in [4.69, 9.17) is 5.11 Å². The second-order valence-electron chi connectivity index (χ2n) is 5.88. The molecule has 118 valence electrons. The molecule has 1 unspecified atom stereocenters. The summed E-state index contributed by atoms with van der Waals surface area (Å²) in [5.41, 5.74) is 0. The molecular formula is C13H26N2O4S. The summed E-state index contributed by atoms with van der Waals surface area (Å²) in [4.78, 5) is 10.8. The van der Waals surface area contributed by atoms with Gasteiger partial charge in [-0.05, 0) is 18.8 Å². The molecule has 0 bridgehead atoms. The molecule has 0 saturated heterocycles. The number of carbonyl (C=O) groups is 1. The van der Waals surface area contributed by atoms with Crippen molar-refractivity contribution in [3.05, 3.63) is 0 Å². The minimum absolute atomic E-state index is 0.0268. The quantitative estimate of drug-likeness (QED) is 0.747. The predicted molar refractivity (Wildman–Crippen MR) is 77.6 cm³/mol. The highest BCUT2D eigenvalue weighted by Crippen LogP contribution is 2.23. The number of carboxylic acid groups (broad SMARTS) is 1. The maximum atomic E-state index is 12.3. The topological polar surface area (TPSA) is 86.7 Å². The van der Waals surface area contributed by atoms with E-state index in [1.165, 1.54) is 4.31 Å². The van der Waals surface area contributed by atoms with Crippen molar-refractivity contribution in [3.8, 4) is 0 Å². The summed E-state index contributed by atoms with van der Waals surface area (Å²) in [6, 6.07) is -0.553. The molecule has 0 aromatic rings. The molecule has 1 aliphatic carbocycles. The fourth-order valence-corrected chi connectivity index (χ4v) is 4.02. The van der Waals surface area contributed by atoms with Crippen LogP contribution in [0.4, 0.5) is 0 Å². The first-order valence-corrected chi connectivity index (χ1v) is 8.65. The van der Waals surface area contributed by atoms with Crippen LogP contribution in [-0.2, 0) is 15.0 Å². The molecule has 2 N–H and O–H groups in total. The third-order valence-electron chi connectivity index (χ3n) is 3.97. The smallest absolute Gasteiger partial charge is 0.304 e. The number of aliphatic carboxylic acids is 1. The first kappa shape index (κ1) is 17.4. The highest BCUT2D eigenvalue weighted by molar-refractivity contribution is 7.87. The van der Waals surface area contributed by atoms with Gasteiger partial charge in [0.15, 0.2) is 0 Å². The molecule has 0 aromatic carbocycles. The van der Waals surface area contributed by atoms with E-state index in [0.29, 0.717) is 0 Å². The SMILES string of the molecule is CC(C)C(CC(=O)O)NS(=O)(=O)N(C)C1CCCCC1. The van der Waals surface area contributed by atoms with Gasteiger partial charge in [-0.1, -0.05) is 33.1 Å². The summed E-state index contributed by atoms with van der Waals surface area (Å²) < 4.78 is 28.6. The molecule has 6 nitrogen and oxygen atoms in total. The van der Waals surface area contributed by atoms with Crippen molar-refractivity contribution in [2.45, 2.75) is 64.5 Å². The molecule has 0 radical (unpaired) electrons. The molecule has 0 amide bonds. The largest absolute Gasteiger partial charge is 0.481 e. The Hall–Kier alpha value is -0.660. The summed E-state index contributed by atoms with van der Waals surface area (Å²) in [7, 11) is -2.05. The molecule has 1 rings (SSSR count). The van der Waals surface area contributed by atoms with Gasteiger partial charge in [-0.25, -0.2) is 0 Å². The zero-order valence-electron chi connectivity index (χ0n) is 12.5. The molecule has 0 spiro atoms. The van der Waals surface area contributed by atoms with Crippen molar-refractivity contribution in [2.75, 3.05) is 7.05 Å². The van der Waals surface area contributed by atoms with Gasteiger partial charge in [0.05, 0.1) is 6.42 Å². The van der Waals surface area contributed by atoms with E-state index in [2.05, 4.69) is 4.72 Å². The van der Waals surface area contributed by atoms with Gasteiger partial charge >= 0.3 is 5.97 Å². The Bertz CT molecular complexity index is 416. The molecule has 1 saturated carbocycles. The number of rotatable bonds is 7. The fraction of sp³-hybridized carbons (Fsp3) is 0.923. The van der Waals surface area contributed by atoms with Gasteiger partial charge in [0.1, 0.15) is 0 Å². The lowest BCUT2D eigenvalue weighted by Crippen LogP contribution is -2.50. The third kappa shape index (κ3) is 5.03. The van der Waals surface area contributed by atoms with Crippen LogP contribution in [0.5, 0.6) is 0 Å². The Balaban J connectivity index is 2.72. The molecule has 1 atom stereocenters. The highest BCUT2D eigenvalue weighted by atomic mass is 32.2. The van der Waals surface area contributed by atoms with E-state index in [9.17, 15) is 13.2 Å². The first-order chi connectivity index (χ1) is 9.24. The van der Waals surface area contributed by atoms with Crippen LogP contribution in [0.15, 0.2) is 0 Å². The van der Waals surface area contributed by atoms with Crippen LogP contribution >= 0.6 is 0 Å². The van der Waals surface area contributed by atoms with E-state index < -0.39 is 22.2 Å². The van der Waals surface area contributed by atoms with Gasteiger partial charge in [0.2, 0.25) is 0 Å². The van der Waals surface area contributed by atoms with Gasteiger partial charge in [0, 0.05) is 19.1 Å². The summed E-state index contributed by atoms with van der Waals surface area (Å²) >= 11 is 0. The van der Waals surface area contributed by atoms with Crippen molar-refractivity contribution in [3.63, 3.8) is 0 Å². The Morgan fingerprint density at radius 3 is 2.30 bits per heavy atom. The summed E-state index contributed by atoms with van der Waals surface area (Å²) in [5, 5.41) is 8.87. The molecule has 20 heavy (non-hydrogen) atoms. The number of nitrogens with one attached hydrogen (secondary N) is 1. The average Bonchev–Trinajstić information content (AvgIpc) is 2.37. The summed E-state index contributed by atoms with van der Waals surface area (Å²) in [6.07, 6.45) is 4.81. The van der Waals surface area contributed by atoms with Crippen LogP contribution in [0, 0.1) is 5.92 Å². The highest BCUT2D eigenvalue weighted by Gasteiger charge is 2.31. The van der Waals surface area contributed by atoms with Crippen molar-refractivity contribution in [1.82, 2.24) is 9.03 Å². The van der Waals surface area contributed by atoms with Crippen molar-refractivity contribution >= 4 is 16.2 Å². The molecular weight excluding hydrogens is 280 g/mol. The average molecular weight is 306 g/mol. The molecule has 1 aliphatic rings. The number of hydrogen-bond acceptors (Lipinski definition) is 3. The van der Waals surface area contributed by atoms with Gasteiger partial charge in [-0.2, -0.15) is 17.4 Å². The van der Waals surface area contributed by atoms with Gasteiger partial charge in [-0.15, -0.1) is 0 Å². The van der Waals surface area contributed by atoms with Crippen LogP contribution in [0.3, 0.4) is 0 Å². The zero-order valence-corrected chi connectivity index (χ0v) is 13.3. The second-order valence-corrected chi connectivity index (χ2v) is 7.64. The maximum Gasteiger partial charge on any atom is 0.304 e. The summed E-state index contributed by atoms with van der Waals surface area (Å²) in [5.74, 6) is -1.06. The van der Waals surface area contributed by atoms with Crippen LogP contribution in [0.2, 0.25) is 0 Å². The van der Waals surface area contributed by atoms with E-state index in [1.807, 2.05) is 13.8 Å². The lowest BCUT2D eigenvalue weighted by atomic mass is 9.96. The van der Waals surface area contributed by atoms with E-state index in [1.54, 1.807) is 7.05 Å². The normalized spacial score (nSPS) is 19.4. The van der Waals surface area contributed by atoms with E-state index in [-0.39, 0.29) is 18.4 Å². The van der Waals surface area contributed by atoms with Crippen LogP contribution < -0.4 is 4.72 Å². The van der Waals surface area contributed by atoms with E-state index >= 15 is 0 Å². The van der Waals surface area contributed by atoms with Crippen molar-refractivity contribution in [2.24, 2.45) is 5.92 Å². The first-order valence-electron chi connectivity index (χ1n) is 7.21. The predicted octanol–water partition coefficient (Wildman–Crippen LogP) is 1.58. The lowest BCUT2D eigenvalue weighted by Gasteiger charge is -2.32. The molecule has 1 fully saturated rings. The van der Waals surface area contributed by atoms with Crippen molar-refractivity contribution in [1.29, 1.82) is 0 Å².